The molecule has 2 aromatic rings. The Kier molecular flexibility index (Phi) is 5.48. The molecule has 7 heteroatoms. The third-order valence-electron chi connectivity index (χ3n) is 7.23. The number of rotatable bonds is 5. The average Bonchev–Trinajstić information content (AvgIpc) is 3.03. The summed E-state index contributed by atoms with van der Waals surface area (Å²) in [6.07, 6.45) is -1.99. The number of carbonyl (C=O) groups excluding carboxylic acids is 1. The normalized spacial score (nSPS) is 23.2. The maximum atomic E-state index is 13.2. The Morgan fingerprint density at radius 2 is 1.72 bits per heavy atom. The first-order valence-electron chi connectivity index (χ1n) is 11.3. The molecular weight excluding hydrogens is 420 g/mol. The van der Waals surface area contributed by atoms with Crippen molar-refractivity contribution < 1.29 is 22.4 Å². The van der Waals surface area contributed by atoms with Crippen molar-refractivity contribution in [1.29, 1.82) is 0 Å². The Balaban J connectivity index is 1.34. The third kappa shape index (κ3) is 3.81. The molecule has 32 heavy (non-hydrogen) atoms. The van der Waals surface area contributed by atoms with E-state index >= 15 is 0 Å². The fraction of sp³-hybridized carbons (Fsp3) is 0.480. The van der Waals surface area contributed by atoms with Gasteiger partial charge in [0, 0.05) is 26.2 Å². The summed E-state index contributed by atoms with van der Waals surface area (Å²) < 4.78 is 51.1. The van der Waals surface area contributed by atoms with Gasteiger partial charge in [0.1, 0.15) is 0 Å². The van der Waals surface area contributed by atoms with Gasteiger partial charge in [0.15, 0.2) is 0 Å². The lowest BCUT2D eigenvalue weighted by Gasteiger charge is -2.43. The number of carbonyl (C=O) groups is 1. The SMILES string of the molecule is O=C(C1CN(CCCF)C1)N1CC[C@@H]2C[C@H]1c1cc(-c3ccc(C(F)(F)F)cc3)ccc12. The molecule has 1 aliphatic carbocycles. The summed E-state index contributed by atoms with van der Waals surface area (Å²) >= 11 is 0. The number of hydrogen-bond donors (Lipinski definition) is 0. The highest BCUT2D eigenvalue weighted by Crippen LogP contribution is 2.50. The molecule has 0 saturated carbocycles. The van der Waals surface area contributed by atoms with Crippen molar-refractivity contribution in [1.82, 2.24) is 9.80 Å². The summed E-state index contributed by atoms with van der Waals surface area (Å²) in [6.45, 7) is 2.50. The lowest BCUT2D eigenvalue weighted by atomic mass is 9.92. The number of nitrogens with zero attached hydrogens (tertiary/aromatic N) is 2. The second-order valence-corrected chi connectivity index (χ2v) is 9.19. The molecule has 2 bridgehead atoms. The molecule has 0 unspecified atom stereocenters. The number of likely N-dealkylation sites (tertiary alicyclic amines) is 2. The molecule has 2 heterocycles. The molecule has 0 aromatic heterocycles. The van der Waals surface area contributed by atoms with E-state index in [2.05, 4.69) is 17.0 Å². The van der Waals surface area contributed by atoms with E-state index in [0.29, 0.717) is 32.0 Å². The summed E-state index contributed by atoms with van der Waals surface area (Å²) in [7, 11) is 0. The minimum atomic E-state index is -4.35. The van der Waals surface area contributed by atoms with Crippen molar-refractivity contribution >= 4 is 5.91 Å². The molecule has 2 atom stereocenters. The van der Waals surface area contributed by atoms with Crippen LogP contribution in [-0.2, 0) is 11.0 Å². The van der Waals surface area contributed by atoms with Crippen molar-refractivity contribution in [2.45, 2.75) is 37.4 Å². The van der Waals surface area contributed by atoms with Crippen LogP contribution in [0.4, 0.5) is 17.6 Å². The molecule has 0 spiro atoms. The van der Waals surface area contributed by atoms with E-state index in [1.54, 1.807) is 0 Å². The van der Waals surface area contributed by atoms with Crippen molar-refractivity contribution in [3.8, 4) is 11.1 Å². The molecule has 0 N–H and O–H groups in total. The summed E-state index contributed by atoms with van der Waals surface area (Å²) in [5.74, 6) is 0.592. The standard InChI is InChI=1S/C25H26F4N2O/c26-9-1-10-30-14-19(15-30)24(32)31-11-8-18-13-23(31)22-12-17(4-7-21(18)22)16-2-5-20(6-3-16)25(27,28)29/h2-7,12,18-19,23H,1,8-11,13-15H2/t18-,23+/m1/s1. The highest BCUT2D eigenvalue weighted by Gasteiger charge is 2.44. The molecule has 2 aromatic carbocycles. The Morgan fingerprint density at radius 3 is 2.41 bits per heavy atom. The fourth-order valence-corrected chi connectivity index (χ4v) is 5.50. The van der Waals surface area contributed by atoms with E-state index in [9.17, 15) is 22.4 Å². The Bertz CT molecular complexity index is 998. The molecule has 0 radical (unpaired) electrons. The molecule has 5 rings (SSSR count). The van der Waals surface area contributed by atoms with Gasteiger partial charge >= 0.3 is 6.18 Å². The van der Waals surface area contributed by atoms with Gasteiger partial charge in [-0.3, -0.25) is 9.18 Å². The molecule has 2 fully saturated rings. The van der Waals surface area contributed by atoms with E-state index in [1.807, 2.05) is 11.0 Å². The van der Waals surface area contributed by atoms with E-state index in [-0.39, 0.29) is 24.5 Å². The van der Waals surface area contributed by atoms with Crippen LogP contribution in [0.5, 0.6) is 0 Å². The lowest BCUT2D eigenvalue weighted by Crippen LogP contribution is -2.55. The predicted octanol–water partition coefficient (Wildman–Crippen LogP) is 5.42. The van der Waals surface area contributed by atoms with Gasteiger partial charge in [0.2, 0.25) is 5.91 Å². The first-order chi connectivity index (χ1) is 15.3. The molecule has 170 valence electrons. The highest BCUT2D eigenvalue weighted by atomic mass is 19.4. The van der Waals surface area contributed by atoms with E-state index < -0.39 is 11.7 Å². The van der Waals surface area contributed by atoms with Gasteiger partial charge < -0.3 is 9.80 Å². The summed E-state index contributed by atoms with van der Waals surface area (Å²) in [4.78, 5) is 17.3. The maximum absolute atomic E-state index is 13.2. The largest absolute Gasteiger partial charge is 0.416 e. The molecule has 2 saturated heterocycles. The molecule has 3 aliphatic rings. The Labute approximate surface area is 185 Å². The number of halogens is 4. The molecule has 3 nitrogen and oxygen atoms in total. The van der Waals surface area contributed by atoms with Crippen LogP contribution in [0.25, 0.3) is 11.1 Å². The first-order valence-corrected chi connectivity index (χ1v) is 11.3. The average molecular weight is 446 g/mol. The number of benzene rings is 2. The van der Waals surface area contributed by atoms with E-state index in [1.165, 1.54) is 17.7 Å². The molecule has 1 amide bonds. The van der Waals surface area contributed by atoms with Crippen LogP contribution in [0.2, 0.25) is 0 Å². The van der Waals surface area contributed by atoms with Crippen LogP contribution in [-0.4, -0.2) is 48.6 Å². The molecular formula is C25H26F4N2O. The van der Waals surface area contributed by atoms with Crippen molar-refractivity contribution in [3.05, 3.63) is 59.2 Å². The van der Waals surface area contributed by atoms with Crippen LogP contribution in [0.3, 0.4) is 0 Å². The summed E-state index contributed by atoms with van der Waals surface area (Å²) in [5.41, 5.74) is 3.35. The third-order valence-corrected chi connectivity index (χ3v) is 7.23. The minimum absolute atomic E-state index is 0.0201. The number of fused-ring (bicyclic) bond motifs is 5. The van der Waals surface area contributed by atoms with Crippen molar-refractivity contribution in [3.63, 3.8) is 0 Å². The van der Waals surface area contributed by atoms with E-state index in [0.717, 1.165) is 48.2 Å². The number of amides is 1. The highest BCUT2D eigenvalue weighted by molar-refractivity contribution is 5.81. The van der Waals surface area contributed by atoms with Gasteiger partial charge in [-0.05, 0) is 65.6 Å². The quantitative estimate of drug-likeness (QED) is 0.573. The van der Waals surface area contributed by atoms with Crippen molar-refractivity contribution in [2.24, 2.45) is 5.92 Å². The predicted molar refractivity (Wildman–Crippen MR) is 114 cm³/mol. The zero-order valence-electron chi connectivity index (χ0n) is 17.7. The van der Waals surface area contributed by atoms with Gasteiger partial charge in [-0.25, -0.2) is 0 Å². The second-order valence-electron chi connectivity index (χ2n) is 9.19. The zero-order chi connectivity index (χ0) is 22.5. The Morgan fingerprint density at radius 1 is 1.00 bits per heavy atom. The van der Waals surface area contributed by atoms with Gasteiger partial charge in [0.05, 0.1) is 24.2 Å². The van der Waals surface area contributed by atoms with Gasteiger partial charge in [-0.15, -0.1) is 0 Å². The van der Waals surface area contributed by atoms with Crippen LogP contribution in [0.15, 0.2) is 42.5 Å². The van der Waals surface area contributed by atoms with Crippen LogP contribution < -0.4 is 0 Å². The Hall–Kier alpha value is -2.41. The van der Waals surface area contributed by atoms with Crippen LogP contribution >= 0.6 is 0 Å². The summed E-state index contributed by atoms with van der Waals surface area (Å²) in [5, 5.41) is 0. The zero-order valence-corrected chi connectivity index (χ0v) is 17.7. The number of alkyl halides is 4. The minimum Gasteiger partial charge on any atom is -0.335 e. The summed E-state index contributed by atoms with van der Waals surface area (Å²) in [6, 6.07) is 11.4. The van der Waals surface area contributed by atoms with Gasteiger partial charge in [-0.1, -0.05) is 24.3 Å². The lowest BCUT2D eigenvalue weighted by molar-refractivity contribution is -0.145. The van der Waals surface area contributed by atoms with Crippen LogP contribution in [0, 0.1) is 5.92 Å². The smallest absolute Gasteiger partial charge is 0.335 e. The second kappa shape index (κ2) is 8.18. The maximum Gasteiger partial charge on any atom is 0.416 e. The first kappa shape index (κ1) is 21.4. The monoisotopic (exact) mass is 446 g/mol. The fourth-order valence-electron chi connectivity index (χ4n) is 5.50. The van der Waals surface area contributed by atoms with Gasteiger partial charge in [-0.2, -0.15) is 13.2 Å². The number of piperidine rings is 1. The van der Waals surface area contributed by atoms with Crippen molar-refractivity contribution in [2.75, 3.05) is 32.9 Å². The van der Waals surface area contributed by atoms with E-state index in [4.69, 9.17) is 0 Å². The topological polar surface area (TPSA) is 23.6 Å². The van der Waals surface area contributed by atoms with Crippen LogP contribution in [0.1, 0.15) is 47.9 Å². The van der Waals surface area contributed by atoms with Gasteiger partial charge in [0.25, 0.3) is 0 Å². The molecule has 2 aliphatic heterocycles. The number of hydrogen-bond acceptors (Lipinski definition) is 2.